The Labute approximate surface area is 266 Å². The number of fused-ring (bicyclic) bond motifs is 6. The van der Waals surface area contributed by atoms with Crippen molar-refractivity contribution >= 4 is 11.9 Å². The summed E-state index contributed by atoms with van der Waals surface area (Å²) in [5.41, 5.74) is 6.42. The second-order valence-electron chi connectivity index (χ2n) is 16.7. The largest absolute Gasteiger partial charge is 0.481 e. The Kier molecular flexibility index (Phi) is 8.84. The monoisotopic (exact) mass is 602 g/mol. The van der Waals surface area contributed by atoms with Gasteiger partial charge < -0.3 is 10.2 Å². The Morgan fingerprint density at radius 1 is 0.795 bits per heavy atom. The van der Waals surface area contributed by atoms with Crippen LogP contribution in [0.15, 0.2) is 41.5 Å². The lowest BCUT2D eigenvalue weighted by molar-refractivity contribution is -0.162. The van der Waals surface area contributed by atoms with Crippen molar-refractivity contribution in [2.45, 2.75) is 137 Å². The second kappa shape index (κ2) is 11.8. The zero-order valence-corrected chi connectivity index (χ0v) is 28.8. The summed E-state index contributed by atoms with van der Waals surface area (Å²) in [4.78, 5) is 23.9. The Morgan fingerprint density at radius 3 is 2.05 bits per heavy atom. The summed E-state index contributed by atoms with van der Waals surface area (Å²) in [7, 11) is 0. The highest BCUT2D eigenvalue weighted by Crippen LogP contribution is 2.62. The lowest BCUT2D eigenvalue weighted by atomic mass is 9.47. The summed E-state index contributed by atoms with van der Waals surface area (Å²) in [6, 6.07) is 6.92. The van der Waals surface area contributed by atoms with Gasteiger partial charge in [0, 0.05) is 0 Å². The molecule has 2 fully saturated rings. The summed E-state index contributed by atoms with van der Waals surface area (Å²) in [5, 5.41) is 19.6. The molecule has 7 atom stereocenters. The number of carbonyl (C=O) groups is 2. The molecule has 6 rings (SSSR count). The summed E-state index contributed by atoms with van der Waals surface area (Å²) in [6.45, 7) is 17.7. The molecule has 0 aromatic heterocycles. The van der Waals surface area contributed by atoms with Crippen LogP contribution in [-0.2, 0) is 21.4 Å². The number of benzene rings is 1. The summed E-state index contributed by atoms with van der Waals surface area (Å²) in [6.07, 6.45) is 16.2. The topological polar surface area (TPSA) is 74.6 Å². The average molecular weight is 603 g/mol. The van der Waals surface area contributed by atoms with Gasteiger partial charge in [0.2, 0.25) is 0 Å². The molecule has 5 aliphatic carbocycles. The second-order valence-corrected chi connectivity index (χ2v) is 16.7. The van der Waals surface area contributed by atoms with E-state index in [1.54, 1.807) is 5.57 Å². The third-order valence-electron chi connectivity index (χ3n) is 13.6. The maximum atomic E-state index is 11.9. The minimum absolute atomic E-state index is 0.0223. The molecule has 1 aromatic rings. The molecular weight excluding hydrogens is 544 g/mol. The highest BCUT2D eigenvalue weighted by molar-refractivity contribution is 5.76. The number of allylic oxidation sites excluding steroid dienone is 4. The highest BCUT2D eigenvalue weighted by Gasteiger charge is 2.57. The molecule has 0 spiro atoms. The van der Waals surface area contributed by atoms with Crippen molar-refractivity contribution in [3.05, 3.63) is 58.2 Å². The van der Waals surface area contributed by atoms with Crippen molar-refractivity contribution in [2.75, 3.05) is 0 Å². The first-order chi connectivity index (χ1) is 20.6. The molecule has 0 saturated heterocycles. The number of hydrogen-bond acceptors (Lipinski definition) is 2. The molecule has 0 aliphatic heterocycles. The van der Waals surface area contributed by atoms with Crippen LogP contribution in [0.3, 0.4) is 0 Å². The lowest BCUT2D eigenvalue weighted by Gasteiger charge is -2.57. The molecule has 242 valence electrons. The van der Waals surface area contributed by atoms with Crippen molar-refractivity contribution in [2.24, 2.45) is 39.9 Å². The first-order valence-corrected chi connectivity index (χ1v) is 17.6. The molecule has 2 N–H and O–H groups in total. The zero-order valence-electron chi connectivity index (χ0n) is 28.8. The van der Waals surface area contributed by atoms with E-state index in [0.717, 1.165) is 51.4 Å². The van der Waals surface area contributed by atoms with Crippen LogP contribution in [-0.4, -0.2) is 22.2 Å². The van der Waals surface area contributed by atoms with Gasteiger partial charge in [-0.05, 0) is 134 Å². The maximum Gasteiger partial charge on any atom is 0.309 e. The van der Waals surface area contributed by atoms with E-state index < -0.39 is 22.8 Å². The Balaban J connectivity index is 0.000000175. The van der Waals surface area contributed by atoms with Crippen molar-refractivity contribution in [1.82, 2.24) is 0 Å². The Bertz CT molecular complexity index is 1350. The average Bonchev–Trinajstić information content (AvgIpc) is 2.96. The van der Waals surface area contributed by atoms with Crippen LogP contribution in [0.5, 0.6) is 0 Å². The van der Waals surface area contributed by atoms with Gasteiger partial charge >= 0.3 is 11.9 Å². The number of aliphatic carboxylic acids is 2. The quantitative estimate of drug-likeness (QED) is 0.360. The van der Waals surface area contributed by atoms with Gasteiger partial charge in [-0.3, -0.25) is 9.59 Å². The van der Waals surface area contributed by atoms with Crippen LogP contribution in [0, 0.1) is 39.9 Å². The zero-order chi connectivity index (χ0) is 32.2. The molecule has 44 heavy (non-hydrogen) atoms. The van der Waals surface area contributed by atoms with Crippen molar-refractivity contribution < 1.29 is 19.8 Å². The maximum absolute atomic E-state index is 11.9. The molecule has 0 amide bonds. The predicted octanol–water partition coefficient (Wildman–Crippen LogP) is 10.1. The van der Waals surface area contributed by atoms with E-state index in [1.165, 1.54) is 41.5 Å². The van der Waals surface area contributed by atoms with E-state index in [4.69, 9.17) is 0 Å². The van der Waals surface area contributed by atoms with Gasteiger partial charge in [0.1, 0.15) is 0 Å². The van der Waals surface area contributed by atoms with Crippen LogP contribution in [0.1, 0.15) is 142 Å². The predicted molar refractivity (Wildman–Crippen MR) is 179 cm³/mol. The minimum atomic E-state index is -0.606. The van der Waals surface area contributed by atoms with Crippen LogP contribution in [0.2, 0.25) is 0 Å². The minimum Gasteiger partial charge on any atom is -0.481 e. The van der Waals surface area contributed by atoms with E-state index in [9.17, 15) is 19.8 Å². The van der Waals surface area contributed by atoms with E-state index in [1.807, 2.05) is 13.8 Å². The fraction of sp³-hybridized carbons (Fsp3) is 0.700. The number of carboxylic acid groups (broad SMARTS) is 2. The van der Waals surface area contributed by atoms with Gasteiger partial charge in [-0.15, -0.1) is 0 Å². The van der Waals surface area contributed by atoms with Crippen molar-refractivity contribution in [3.8, 4) is 0 Å². The molecule has 0 heterocycles. The van der Waals surface area contributed by atoms with E-state index in [2.05, 4.69) is 71.9 Å². The molecule has 0 radical (unpaired) electrons. The van der Waals surface area contributed by atoms with Gasteiger partial charge in [0.05, 0.1) is 10.8 Å². The number of hydrogen-bond donors (Lipinski definition) is 2. The SMILES string of the molecule is CC(C)C1=CC2=CCC3C(C)(CCC[C@@]3(C)C(=O)O)C2CC1.CC(C)c1ccc2c(c1)CCC1C2(C)CCC[C@@]1(C)C(=O)O. The van der Waals surface area contributed by atoms with Gasteiger partial charge in [-0.2, -0.15) is 0 Å². The van der Waals surface area contributed by atoms with Gasteiger partial charge in [0.25, 0.3) is 0 Å². The first kappa shape index (κ1) is 33.0. The normalized spacial score (nSPS) is 37.7. The molecule has 1 aromatic carbocycles. The van der Waals surface area contributed by atoms with Gasteiger partial charge in [-0.25, -0.2) is 0 Å². The fourth-order valence-electron chi connectivity index (χ4n) is 10.7. The molecular formula is C40H58O4. The number of aryl methyl sites for hydroxylation is 1. The van der Waals surface area contributed by atoms with E-state index >= 15 is 0 Å². The van der Waals surface area contributed by atoms with Crippen molar-refractivity contribution in [3.63, 3.8) is 0 Å². The molecule has 2 saturated carbocycles. The third-order valence-corrected chi connectivity index (χ3v) is 13.6. The molecule has 4 nitrogen and oxygen atoms in total. The smallest absolute Gasteiger partial charge is 0.309 e. The first-order valence-electron chi connectivity index (χ1n) is 17.6. The lowest BCUT2D eigenvalue weighted by Crippen LogP contribution is -2.53. The summed E-state index contributed by atoms with van der Waals surface area (Å²) in [5.74, 6) is 1.08. The van der Waals surface area contributed by atoms with Crippen LogP contribution in [0.4, 0.5) is 0 Å². The van der Waals surface area contributed by atoms with Crippen molar-refractivity contribution in [1.29, 1.82) is 0 Å². The van der Waals surface area contributed by atoms with Crippen LogP contribution in [0.25, 0.3) is 0 Å². The highest BCUT2D eigenvalue weighted by atomic mass is 16.4. The third kappa shape index (κ3) is 5.30. The molecule has 0 bridgehead atoms. The number of carboxylic acids is 2. The molecule has 4 heteroatoms. The molecule has 5 unspecified atom stereocenters. The molecule has 5 aliphatic rings. The van der Waals surface area contributed by atoms with E-state index in [0.29, 0.717) is 17.8 Å². The fourth-order valence-corrected chi connectivity index (χ4v) is 10.7. The standard InChI is InChI=1S/C20H30O2.C20H28O2/c2*1-13(2)14-6-8-16-15(12-14)7-9-17-19(16,3)10-5-11-20(17,4)18(21)22/h7,12-13,16-17H,5-6,8-11H2,1-4H3,(H,21,22);6,8,12-13,17H,5,7,9-11H2,1-4H3,(H,21,22)/t16?,17?,19?,20-;17?,19?,20-/m11/s1. The van der Waals surface area contributed by atoms with Gasteiger partial charge in [-0.1, -0.05) is 90.3 Å². The summed E-state index contributed by atoms with van der Waals surface area (Å²) >= 11 is 0. The Morgan fingerprint density at radius 2 is 1.43 bits per heavy atom. The van der Waals surface area contributed by atoms with E-state index in [-0.39, 0.29) is 22.7 Å². The summed E-state index contributed by atoms with van der Waals surface area (Å²) < 4.78 is 0. The van der Waals surface area contributed by atoms with Crippen LogP contribution < -0.4 is 0 Å². The Hall–Kier alpha value is -2.36. The van der Waals surface area contributed by atoms with Crippen LogP contribution >= 0.6 is 0 Å². The number of rotatable bonds is 4. The van der Waals surface area contributed by atoms with Gasteiger partial charge in [0.15, 0.2) is 0 Å².